The first kappa shape index (κ1) is 13.3. The van der Waals surface area contributed by atoms with Crippen LogP contribution in [0.3, 0.4) is 0 Å². The molecule has 0 atom stereocenters. The van der Waals surface area contributed by atoms with Crippen molar-refractivity contribution in [3.63, 3.8) is 0 Å². The van der Waals surface area contributed by atoms with Gasteiger partial charge in [-0.15, -0.1) is 22.7 Å². The minimum absolute atomic E-state index is 0.0682. The van der Waals surface area contributed by atoms with Gasteiger partial charge in [0.15, 0.2) is 0 Å². The van der Waals surface area contributed by atoms with Crippen LogP contribution in [0.2, 0.25) is 0 Å². The zero-order chi connectivity index (χ0) is 12.8. The summed E-state index contributed by atoms with van der Waals surface area (Å²) < 4.78 is 0. The molecule has 0 aliphatic carbocycles. The van der Waals surface area contributed by atoms with E-state index in [2.05, 4.69) is 45.7 Å². The van der Waals surface area contributed by atoms with E-state index in [1.165, 1.54) is 9.75 Å². The fraction of sp³-hybridized carbons (Fsp3) is 0.308. The van der Waals surface area contributed by atoms with Crippen molar-refractivity contribution < 1.29 is 4.79 Å². The number of amides is 1. The molecule has 0 aliphatic rings. The smallest absolute Gasteiger partial charge is 0.221 e. The molecule has 2 N–H and O–H groups in total. The van der Waals surface area contributed by atoms with E-state index in [0.717, 1.165) is 0 Å². The van der Waals surface area contributed by atoms with Gasteiger partial charge in [0.25, 0.3) is 0 Å². The van der Waals surface area contributed by atoms with Crippen LogP contribution >= 0.6 is 22.7 Å². The molecule has 0 aromatic carbocycles. The topological polar surface area (TPSA) is 41.1 Å². The van der Waals surface area contributed by atoms with Gasteiger partial charge in [0.05, 0.1) is 6.04 Å². The molecule has 0 fully saturated rings. The first-order chi connectivity index (χ1) is 8.81. The lowest BCUT2D eigenvalue weighted by atomic mass is 10.2. The molecule has 0 aliphatic heterocycles. The van der Waals surface area contributed by atoms with E-state index >= 15 is 0 Å². The maximum absolute atomic E-state index is 11.2. The Morgan fingerprint density at radius 2 is 1.83 bits per heavy atom. The Labute approximate surface area is 115 Å². The van der Waals surface area contributed by atoms with Crippen molar-refractivity contribution in [2.45, 2.75) is 12.5 Å². The Bertz CT molecular complexity index is 431. The van der Waals surface area contributed by atoms with Crippen molar-refractivity contribution in [1.82, 2.24) is 10.6 Å². The second-order valence-corrected chi connectivity index (χ2v) is 5.80. The van der Waals surface area contributed by atoms with Gasteiger partial charge in [-0.3, -0.25) is 4.79 Å². The SMILES string of the molecule is CNC(=O)CCNC(c1cccs1)c1cccs1. The predicted octanol–water partition coefficient (Wildman–Crippen LogP) is 2.62. The molecular weight excluding hydrogens is 264 g/mol. The lowest BCUT2D eigenvalue weighted by Gasteiger charge is -2.15. The molecule has 3 nitrogen and oxygen atoms in total. The third-order valence-corrected chi connectivity index (χ3v) is 4.51. The van der Waals surface area contributed by atoms with E-state index in [1.54, 1.807) is 29.7 Å². The van der Waals surface area contributed by atoms with Crippen molar-refractivity contribution in [3.05, 3.63) is 44.8 Å². The molecule has 0 saturated carbocycles. The molecule has 5 heteroatoms. The number of thiophene rings is 2. The fourth-order valence-corrected chi connectivity index (χ4v) is 3.42. The van der Waals surface area contributed by atoms with Crippen molar-refractivity contribution in [3.8, 4) is 0 Å². The molecule has 2 aromatic rings. The minimum atomic E-state index is 0.0682. The first-order valence-corrected chi connectivity index (χ1v) is 7.58. The van der Waals surface area contributed by atoms with E-state index in [1.807, 2.05) is 0 Å². The molecule has 2 rings (SSSR count). The molecule has 1 amide bonds. The van der Waals surface area contributed by atoms with Gasteiger partial charge in [-0.25, -0.2) is 0 Å². The standard InChI is InChI=1S/C13H16N2OS2/c1-14-12(16)6-7-15-13(10-4-2-8-17-10)11-5-3-9-18-11/h2-5,8-9,13,15H,6-7H2,1H3,(H,14,16). The third-order valence-electron chi connectivity index (χ3n) is 2.63. The van der Waals surface area contributed by atoms with Crippen molar-refractivity contribution >= 4 is 28.6 Å². The summed E-state index contributed by atoms with van der Waals surface area (Å²) in [6.45, 7) is 0.681. The van der Waals surface area contributed by atoms with Gasteiger partial charge in [0.2, 0.25) is 5.91 Å². The minimum Gasteiger partial charge on any atom is -0.359 e. The Morgan fingerprint density at radius 1 is 1.22 bits per heavy atom. The summed E-state index contributed by atoms with van der Waals surface area (Å²) in [4.78, 5) is 13.8. The monoisotopic (exact) mass is 280 g/mol. The van der Waals surface area contributed by atoms with Crippen molar-refractivity contribution in [2.75, 3.05) is 13.6 Å². The molecule has 0 spiro atoms. The second kappa shape index (κ2) is 6.68. The van der Waals surface area contributed by atoms with Crippen molar-refractivity contribution in [2.24, 2.45) is 0 Å². The van der Waals surface area contributed by atoms with Gasteiger partial charge in [0, 0.05) is 29.8 Å². The molecule has 2 heterocycles. The lowest BCUT2D eigenvalue weighted by Crippen LogP contribution is -2.27. The number of hydrogen-bond acceptors (Lipinski definition) is 4. The van der Waals surface area contributed by atoms with Gasteiger partial charge in [-0.2, -0.15) is 0 Å². The van der Waals surface area contributed by atoms with Gasteiger partial charge in [-0.1, -0.05) is 12.1 Å². The molecular formula is C13H16N2OS2. The maximum atomic E-state index is 11.2. The van der Waals surface area contributed by atoms with Crippen LogP contribution in [0.15, 0.2) is 35.0 Å². The summed E-state index contributed by atoms with van der Waals surface area (Å²) in [6.07, 6.45) is 0.504. The average molecular weight is 280 g/mol. The zero-order valence-electron chi connectivity index (χ0n) is 10.2. The van der Waals surface area contributed by atoms with Crippen LogP contribution in [0.5, 0.6) is 0 Å². The molecule has 0 bridgehead atoms. The van der Waals surface area contributed by atoms with Crippen LogP contribution in [-0.2, 0) is 4.79 Å². The van der Waals surface area contributed by atoms with Crippen LogP contribution in [-0.4, -0.2) is 19.5 Å². The Kier molecular flexibility index (Phi) is 4.92. The number of hydrogen-bond donors (Lipinski definition) is 2. The lowest BCUT2D eigenvalue weighted by molar-refractivity contribution is -0.120. The van der Waals surface area contributed by atoms with Crippen LogP contribution in [0.25, 0.3) is 0 Å². The summed E-state index contributed by atoms with van der Waals surface area (Å²) in [6, 6.07) is 8.57. The molecule has 18 heavy (non-hydrogen) atoms. The van der Waals surface area contributed by atoms with Crippen LogP contribution in [0.4, 0.5) is 0 Å². The van der Waals surface area contributed by atoms with Gasteiger partial charge in [0.1, 0.15) is 0 Å². The summed E-state index contributed by atoms with van der Waals surface area (Å²) >= 11 is 3.47. The number of carbonyl (C=O) groups excluding carboxylic acids is 1. The predicted molar refractivity (Wildman–Crippen MR) is 77.2 cm³/mol. The summed E-state index contributed by atoms with van der Waals surface area (Å²) in [7, 11) is 1.67. The summed E-state index contributed by atoms with van der Waals surface area (Å²) in [5.74, 6) is 0.0682. The highest BCUT2D eigenvalue weighted by Crippen LogP contribution is 2.28. The molecule has 0 unspecified atom stereocenters. The Balaban J connectivity index is 2.00. The highest BCUT2D eigenvalue weighted by Gasteiger charge is 2.15. The normalized spacial score (nSPS) is 10.8. The van der Waals surface area contributed by atoms with Crippen molar-refractivity contribution in [1.29, 1.82) is 0 Å². The molecule has 2 aromatic heterocycles. The van der Waals surface area contributed by atoms with E-state index in [9.17, 15) is 4.79 Å². The van der Waals surface area contributed by atoms with Crippen LogP contribution < -0.4 is 10.6 Å². The highest BCUT2D eigenvalue weighted by molar-refractivity contribution is 7.11. The largest absolute Gasteiger partial charge is 0.359 e. The van der Waals surface area contributed by atoms with Gasteiger partial charge < -0.3 is 10.6 Å². The van der Waals surface area contributed by atoms with Crippen LogP contribution in [0.1, 0.15) is 22.2 Å². The Hall–Kier alpha value is -1.17. The summed E-state index contributed by atoms with van der Waals surface area (Å²) in [5, 5.41) is 10.2. The highest BCUT2D eigenvalue weighted by atomic mass is 32.1. The molecule has 96 valence electrons. The number of nitrogens with one attached hydrogen (secondary N) is 2. The van der Waals surface area contributed by atoms with Crippen LogP contribution in [0, 0.1) is 0 Å². The maximum Gasteiger partial charge on any atom is 0.221 e. The second-order valence-electron chi connectivity index (χ2n) is 3.84. The quantitative estimate of drug-likeness (QED) is 0.854. The third kappa shape index (κ3) is 3.41. The molecule has 0 saturated heterocycles. The van der Waals surface area contributed by atoms with E-state index in [0.29, 0.717) is 13.0 Å². The Morgan fingerprint density at radius 3 is 2.28 bits per heavy atom. The van der Waals surface area contributed by atoms with Gasteiger partial charge >= 0.3 is 0 Å². The van der Waals surface area contributed by atoms with E-state index in [4.69, 9.17) is 0 Å². The number of carbonyl (C=O) groups is 1. The molecule has 0 radical (unpaired) electrons. The number of rotatable bonds is 6. The zero-order valence-corrected chi connectivity index (χ0v) is 11.8. The fourth-order valence-electron chi connectivity index (χ4n) is 1.71. The first-order valence-electron chi connectivity index (χ1n) is 5.82. The van der Waals surface area contributed by atoms with E-state index in [-0.39, 0.29) is 11.9 Å². The average Bonchev–Trinajstić information content (AvgIpc) is 3.06. The van der Waals surface area contributed by atoms with E-state index < -0.39 is 0 Å². The summed E-state index contributed by atoms with van der Waals surface area (Å²) in [5.41, 5.74) is 0. The van der Waals surface area contributed by atoms with Gasteiger partial charge in [-0.05, 0) is 22.9 Å².